The van der Waals surface area contributed by atoms with Crippen LogP contribution in [-0.2, 0) is 19.6 Å². The Morgan fingerprint density at radius 1 is 1.30 bits per heavy atom. The van der Waals surface area contributed by atoms with Gasteiger partial charge in [0.05, 0.1) is 10.9 Å². The molecule has 3 N–H and O–H groups in total. The van der Waals surface area contributed by atoms with Crippen LogP contribution in [0.4, 0.5) is 0 Å². The SMILES string of the molecule is Cc1ccc(S(=O)(=O)N[C@@H](C)C(=O)NC2CCCNC2=O)cc1. The molecule has 2 amide bonds. The van der Waals surface area contributed by atoms with Gasteiger partial charge in [-0.05, 0) is 38.8 Å². The maximum atomic E-state index is 12.2. The zero-order chi connectivity index (χ0) is 17.0. The van der Waals surface area contributed by atoms with E-state index in [0.29, 0.717) is 13.0 Å². The minimum absolute atomic E-state index is 0.0955. The minimum atomic E-state index is -3.79. The molecule has 2 rings (SSSR count). The normalized spacial score (nSPS) is 19.7. The van der Waals surface area contributed by atoms with Crippen LogP contribution in [0.1, 0.15) is 25.3 Å². The van der Waals surface area contributed by atoms with E-state index in [0.717, 1.165) is 12.0 Å². The number of nitrogens with one attached hydrogen (secondary N) is 3. The van der Waals surface area contributed by atoms with Gasteiger partial charge < -0.3 is 10.6 Å². The molecule has 1 saturated heterocycles. The third-order valence-electron chi connectivity index (χ3n) is 3.66. The van der Waals surface area contributed by atoms with Gasteiger partial charge in [0, 0.05) is 6.54 Å². The number of hydrogen-bond acceptors (Lipinski definition) is 4. The van der Waals surface area contributed by atoms with Crippen molar-refractivity contribution in [1.29, 1.82) is 0 Å². The van der Waals surface area contributed by atoms with E-state index in [4.69, 9.17) is 0 Å². The molecule has 0 spiro atoms. The van der Waals surface area contributed by atoms with Gasteiger partial charge in [-0.15, -0.1) is 0 Å². The summed E-state index contributed by atoms with van der Waals surface area (Å²) in [6.45, 7) is 3.90. The average Bonchev–Trinajstić information content (AvgIpc) is 2.49. The van der Waals surface area contributed by atoms with E-state index in [9.17, 15) is 18.0 Å². The fraction of sp³-hybridized carbons (Fsp3) is 0.467. The van der Waals surface area contributed by atoms with E-state index >= 15 is 0 Å². The predicted molar refractivity (Wildman–Crippen MR) is 85.1 cm³/mol. The van der Waals surface area contributed by atoms with E-state index in [1.54, 1.807) is 12.1 Å². The predicted octanol–water partition coefficient (Wildman–Crippen LogP) is 0.0566. The molecule has 0 aromatic heterocycles. The fourth-order valence-corrected chi connectivity index (χ4v) is 3.48. The van der Waals surface area contributed by atoms with Crippen molar-refractivity contribution in [3.05, 3.63) is 29.8 Å². The number of carbonyl (C=O) groups is 2. The Morgan fingerprint density at radius 2 is 1.96 bits per heavy atom. The van der Waals surface area contributed by atoms with Gasteiger partial charge in [0.2, 0.25) is 21.8 Å². The lowest BCUT2D eigenvalue weighted by Crippen LogP contribution is -2.54. The summed E-state index contributed by atoms with van der Waals surface area (Å²) < 4.78 is 26.8. The van der Waals surface area contributed by atoms with E-state index in [-0.39, 0.29) is 10.8 Å². The number of rotatable bonds is 5. The standard InChI is InChI=1S/C15H21N3O4S/c1-10-5-7-12(8-6-10)23(21,22)18-11(2)14(19)17-13-4-3-9-16-15(13)20/h5-8,11,13,18H,3-4,9H2,1-2H3,(H,16,20)(H,17,19)/t11-,13?/m0/s1. The number of amides is 2. The maximum Gasteiger partial charge on any atom is 0.242 e. The zero-order valence-electron chi connectivity index (χ0n) is 13.1. The highest BCUT2D eigenvalue weighted by Crippen LogP contribution is 2.11. The number of hydrogen-bond donors (Lipinski definition) is 3. The molecule has 1 aliphatic heterocycles. The number of sulfonamides is 1. The molecule has 7 nitrogen and oxygen atoms in total. The van der Waals surface area contributed by atoms with Gasteiger partial charge in [-0.1, -0.05) is 17.7 Å². The van der Waals surface area contributed by atoms with Gasteiger partial charge >= 0.3 is 0 Å². The highest BCUT2D eigenvalue weighted by atomic mass is 32.2. The molecule has 126 valence electrons. The van der Waals surface area contributed by atoms with Crippen molar-refractivity contribution in [2.24, 2.45) is 0 Å². The molecule has 2 atom stereocenters. The molecule has 0 aliphatic carbocycles. The van der Waals surface area contributed by atoms with E-state index in [1.807, 2.05) is 6.92 Å². The lowest BCUT2D eigenvalue weighted by molar-refractivity contribution is -0.130. The summed E-state index contributed by atoms with van der Waals surface area (Å²) in [5.74, 6) is -0.763. The summed E-state index contributed by atoms with van der Waals surface area (Å²) in [7, 11) is -3.79. The highest BCUT2D eigenvalue weighted by Gasteiger charge is 2.27. The number of piperidine rings is 1. The van der Waals surface area contributed by atoms with Gasteiger partial charge in [0.15, 0.2) is 0 Å². The highest BCUT2D eigenvalue weighted by molar-refractivity contribution is 7.89. The van der Waals surface area contributed by atoms with Gasteiger partial charge in [-0.25, -0.2) is 8.42 Å². The van der Waals surface area contributed by atoms with Crippen LogP contribution in [0, 0.1) is 6.92 Å². The van der Waals surface area contributed by atoms with Crippen LogP contribution in [0.3, 0.4) is 0 Å². The Labute approximate surface area is 135 Å². The Balaban J connectivity index is 1.99. The summed E-state index contributed by atoms with van der Waals surface area (Å²) >= 11 is 0. The van der Waals surface area contributed by atoms with Crippen LogP contribution in [0.5, 0.6) is 0 Å². The lowest BCUT2D eigenvalue weighted by atomic mass is 10.1. The van der Waals surface area contributed by atoms with Gasteiger partial charge in [-0.3, -0.25) is 9.59 Å². The van der Waals surface area contributed by atoms with Crippen molar-refractivity contribution in [3.63, 3.8) is 0 Å². The van der Waals surface area contributed by atoms with Gasteiger partial charge in [0.1, 0.15) is 6.04 Å². The third-order valence-corrected chi connectivity index (χ3v) is 5.21. The van der Waals surface area contributed by atoms with Crippen molar-refractivity contribution in [1.82, 2.24) is 15.4 Å². The molecular weight excluding hydrogens is 318 g/mol. The fourth-order valence-electron chi connectivity index (χ4n) is 2.28. The number of benzene rings is 1. The second-order valence-electron chi connectivity index (χ2n) is 5.65. The average molecular weight is 339 g/mol. The largest absolute Gasteiger partial charge is 0.354 e. The quantitative estimate of drug-likeness (QED) is 0.705. The van der Waals surface area contributed by atoms with Crippen LogP contribution in [0.25, 0.3) is 0 Å². The van der Waals surface area contributed by atoms with E-state index in [1.165, 1.54) is 19.1 Å². The molecular formula is C15H21N3O4S. The first kappa shape index (κ1) is 17.4. The topological polar surface area (TPSA) is 104 Å². The summed E-state index contributed by atoms with van der Waals surface area (Å²) in [4.78, 5) is 23.8. The van der Waals surface area contributed by atoms with Crippen molar-refractivity contribution < 1.29 is 18.0 Å². The molecule has 1 fully saturated rings. The third kappa shape index (κ3) is 4.52. The second-order valence-corrected chi connectivity index (χ2v) is 7.36. The molecule has 0 bridgehead atoms. The Morgan fingerprint density at radius 3 is 2.57 bits per heavy atom. The van der Waals surface area contributed by atoms with Crippen molar-refractivity contribution in [2.75, 3.05) is 6.54 Å². The first-order valence-corrected chi connectivity index (χ1v) is 8.95. The minimum Gasteiger partial charge on any atom is -0.354 e. The molecule has 1 aromatic carbocycles. The molecule has 1 unspecified atom stereocenters. The smallest absolute Gasteiger partial charge is 0.242 e. The second kappa shape index (κ2) is 7.10. The van der Waals surface area contributed by atoms with Crippen LogP contribution >= 0.6 is 0 Å². The van der Waals surface area contributed by atoms with Crippen molar-refractivity contribution in [2.45, 2.75) is 43.7 Å². The van der Waals surface area contributed by atoms with E-state index in [2.05, 4.69) is 15.4 Å². The Hall–Kier alpha value is -1.93. The zero-order valence-corrected chi connectivity index (χ0v) is 13.9. The summed E-state index contributed by atoms with van der Waals surface area (Å²) in [6, 6.07) is 4.75. The molecule has 1 heterocycles. The number of aryl methyl sites for hydroxylation is 1. The lowest BCUT2D eigenvalue weighted by Gasteiger charge is -2.24. The van der Waals surface area contributed by atoms with Crippen LogP contribution in [0.2, 0.25) is 0 Å². The molecule has 8 heteroatoms. The van der Waals surface area contributed by atoms with Crippen LogP contribution < -0.4 is 15.4 Å². The monoisotopic (exact) mass is 339 g/mol. The maximum absolute atomic E-state index is 12.2. The summed E-state index contributed by atoms with van der Waals surface area (Å²) in [6.07, 6.45) is 1.33. The Kier molecular flexibility index (Phi) is 5.38. The van der Waals surface area contributed by atoms with Crippen LogP contribution in [0.15, 0.2) is 29.2 Å². The summed E-state index contributed by atoms with van der Waals surface area (Å²) in [5.41, 5.74) is 0.943. The molecule has 0 radical (unpaired) electrons. The summed E-state index contributed by atoms with van der Waals surface area (Å²) in [5, 5.41) is 5.24. The van der Waals surface area contributed by atoms with Crippen molar-refractivity contribution in [3.8, 4) is 0 Å². The Bertz CT molecular complexity index is 685. The van der Waals surface area contributed by atoms with Gasteiger partial charge in [0.25, 0.3) is 0 Å². The molecule has 0 saturated carbocycles. The van der Waals surface area contributed by atoms with Gasteiger partial charge in [-0.2, -0.15) is 4.72 Å². The van der Waals surface area contributed by atoms with E-state index < -0.39 is 28.0 Å². The first-order valence-electron chi connectivity index (χ1n) is 7.47. The first-order chi connectivity index (χ1) is 10.8. The van der Waals surface area contributed by atoms with Crippen molar-refractivity contribution >= 4 is 21.8 Å². The molecule has 1 aromatic rings. The molecule has 1 aliphatic rings. The van der Waals surface area contributed by atoms with Crippen LogP contribution in [-0.4, -0.2) is 38.9 Å². The number of carbonyl (C=O) groups excluding carboxylic acids is 2. The molecule has 23 heavy (non-hydrogen) atoms.